The molecule has 2 aromatic carbocycles. The largest absolute Gasteiger partial charge is 0.481 e. The molecule has 0 saturated heterocycles. The molecule has 32 heavy (non-hydrogen) atoms. The van der Waals surface area contributed by atoms with Crippen LogP contribution in [0.1, 0.15) is 45.8 Å². The van der Waals surface area contributed by atoms with E-state index in [2.05, 4.69) is 15.5 Å². The highest BCUT2D eigenvalue weighted by molar-refractivity contribution is 5.95. The molecule has 164 valence electrons. The minimum atomic E-state index is -1.21. The van der Waals surface area contributed by atoms with Crippen LogP contribution in [-0.2, 0) is 11.2 Å². The van der Waals surface area contributed by atoms with Crippen molar-refractivity contribution in [3.63, 3.8) is 0 Å². The van der Waals surface area contributed by atoms with Gasteiger partial charge in [0.15, 0.2) is 5.69 Å². The van der Waals surface area contributed by atoms with Gasteiger partial charge in [0.05, 0.1) is 5.41 Å². The number of benzene rings is 2. The Bertz CT molecular complexity index is 1130. The Kier molecular flexibility index (Phi) is 5.77. The van der Waals surface area contributed by atoms with E-state index < -0.39 is 29.3 Å². The van der Waals surface area contributed by atoms with Crippen molar-refractivity contribution in [3.8, 4) is 11.1 Å². The van der Waals surface area contributed by atoms with Gasteiger partial charge in [-0.1, -0.05) is 54.6 Å². The van der Waals surface area contributed by atoms with Crippen LogP contribution in [0.2, 0.25) is 0 Å². The van der Waals surface area contributed by atoms with Crippen LogP contribution in [0.5, 0.6) is 0 Å². The number of carboxylic acid groups (broad SMARTS) is 2. The van der Waals surface area contributed by atoms with Gasteiger partial charge in [0.1, 0.15) is 5.69 Å². The van der Waals surface area contributed by atoms with Crippen LogP contribution >= 0.6 is 0 Å². The molecular weight excluding hydrogens is 410 g/mol. The van der Waals surface area contributed by atoms with E-state index in [0.717, 1.165) is 22.8 Å². The van der Waals surface area contributed by atoms with Crippen LogP contribution in [0.4, 0.5) is 0 Å². The molecule has 4 rings (SSSR count). The van der Waals surface area contributed by atoms with Gasteiger partial charge in [-0.05, 0) is 42.4 Å². The third kappa shape index (κ3) is 4.69. The molecule has 1 fully saturated rings. The van der Waals surface area contributed by atoms with E-state index in [-0.39, 0.29) is 11.4 Å². The maximum absolute atomic E-state index is 12.7. The summed E-state index contributed by atoms with van der Waals surface area (Å²) in [5, 5.41) is 27.5. The van der Waals surface area contributed by atoms with E-state index in [0.29, 0.717) is 25.7 Å². The molecular formula is C24H23N3O5. The summed E-state index contributed by atoms with van der Waals surface area (Å²) in [7, 11) is 0. The van der Waals surface area contributed by atoms with Gasteiger partial charge in [0.25, 0.3) is 5.91 Å². The highest BCUT2D eigenvalue weighted by Gasteiger charge is 2.51. The summed E-state index contributed by atoms with van der Waals surface area (Å²) in [6, 6.07) is 18.6. The fourth-order valence-electron chi connectivity index (χ4n) is 3.86. The van der Waals surface area contributed by atoms with Crippen LogP contribution in [0.25, 0.3) is 11.1 Å². The molecule has 0 aliphatic heterocycles. The summed E-state index contributed by atoms with van der Waals surface area (Å²) in [5.74, 6) is -2.61. The molecule has 0 bridgehead atoms. The molecule has 1 aliphatic carbocycles. The summed E-state index contributed by atoms with van der Waals surface area (Å²) in [4.78, 5) is 35.4. The normalized spacial score (nSPS) is 15.0. The van der Waals surface area contributed by atoms with Crippen LogP contribution < -0.4 is 5.32 Å². The Morgan fingerprint density at radius 2 is 1.66 bits per heavy atom. The Balaban J connectivity index is 1.50. The molecule has 1 aliphatic rings. The maximum Gasteiger partial charge on any atom is 0.353 e. The topological polar surface area (TPSA) is 132 Å². The number of aliphatic carboxylic acids is 1. The third-order valence-electron chi connectivity index (χ3n) is 5.86. The molecule has 1 atom stereocenters. The van der Waals surface area contributed by atoms with Crippen LogP contribution in [0.3, 0.4) is 0 Å². The van der Waals surface area contributed by atoms with E-state index in [1.807, 2.05) is 54.6 Å². The first-order valence-electron chi connectivity index (χ1n) is 10.3. The van der Waals surface area contributed by atoms with E-state index in [9.17, 15) is 19.5 Å². The zero-order valence-corrected chi connectivity index (χ0v) is 17.2. The second-order valence-corrected chi connectivity index (χ2v) is 8.20. The molecule has 8 nitrogen and oxygen atoms in total. The van der Waals surface area contributed by atoms with E-state index >= 15 is 0 Å². The smallest absolute Gasteiger partial charge is 0.353 e. The lowest BCUT2D eigenvalue weighted by atomic mass is 9.92. The number of carbonyl (C=O) groups is 3. The van der Waals surface area contributed by atoms with E-state index in [1.165, 1.54) is 0 Å². The van der Waals surface area contributed by atoms with Crippen molar-refractivity contribution >= 4 is 17.8 Å². The molecule has 4 N–H and O–H groups in total. The van der Waals surface area contributed by atoms with Crippen molar-refractivity contribution in [1.29, 1.82) is 0 Å². The summed E-state index contributed by atoms with van der Waals surface area (Å²) >= 11 is 0. The summed E-state index contributed by atoms with van der Waals surface area (Å²) < 4.78 is 0. The fourth-order valence-corrected chi connectivity index (χ4v) is 3.86. The number of rotatable bonds is 9. The monoisotopic (exact) mass is 433 g/mol. The summed E-state index contributed by atoms with van der Waals surface area (Å²) in [5.41, 5.74) is 2.07. The zero-order valence-electron chi connectivity index (χ0n) is 17.2. The van der Waals surface area contributed by atoms with Gasteiger partial charge in [-0.15, -0.1) is 0 Å². The number of hydrogen-bond acceptors (Lipinski definition) is 4. The summed E-state index contributed by atoms with van der Waals surface area (Å²) in [6.45, 7) is 0. The highest BCUT2D eigenvalue weighted by atomic mass is 16.4. The van der Waals surface area contributed by atoms with E-state index in [1.54, 1.807) is 0 Å². The molecule has 1 saturated carbocycles. The zero-order chi connectivity index (χ0) is 22.7. The number of aromatic amines is 1. The molecule has 1 heterocycles. The number of aromatic nitrogens is 2. The first-order valence-corrected chi connectivity index (χ1v) is 10.3. The van der Waals surface area contributed by atoms with Crippen molar-refractivity contribution in [2.45, 2.75) is 31.7 Å². The SMILES string of the molecule is O=C(N[C@H](Cc1ccc(-c2ccccc2)cc1)CC1(C(=O)O)CC1)c1cc(C(=O)O)[nH]n1. The molecule has 3 aromatic rings. The van der Waals surface area contributed by atoms with Gasteiger partial charge < -0.3 is 15.5 Å². The van der Waals surface area contributed by atoms with Crippen LogP contribution in [0, 0.1) is 5.41 Å². The standard InChI is InChI=1S/C24H23N3O5/c28-21(19-13-20(22(29)30)27-26-19)25-18(14-24(10-11-24)23(31)32)12-15-6-8-17(9-7-15)16-4-2-1-3-5-16/h1-9,13,18H,10-12,14H2,(H,25,28)(H,26,27)(H,29,30)(H,31,32)/t18-/m1/s1. The predicted molar refractivity (Wildman–Crippen MR) is 116 cm³/mol. The number of nitrogens with one attached hydrogen (secondary N) is 2. The van der Waals surface area contributed by atoms with Gasteiger partial charge in [-0.3, -0.25) is 14.7 Å². The van der Waals surface area contributed by atoms with Crippen molar-refractivity contribution in [1.82, 2.24) is 15.5 Å². The number of hydrogen-bond donors (Lipinski definition) is 4. The number of amides is 1. The molecule has 1 amide bonds. The lowest BCUT2D eigenvalue weighted by Crippen LogP contribution is -2.39. The molecule has 8 heteroatoms. The van der Waals surface area contributed by atoms with Gasteiger partial charge in [0, 0.05) is 12.1 Å². The number of nitrogens with zero attached hydrogens (tertiary/aromatic N) is 1. The minimum absolute atomic E-state index is 0.0491. The van der Waals surface area contributed by atoms with Crippen molar-refractivity contribution in [2.24, 2.45) is 5.41 Å². The first-order chi connectivity index (χ1) is 15.4. The Hall–Kier alpha value is -3.94. The number of H-pyrrole nitrogens is 1. The Morgan fingerprint density at radius 3 is 2.22 bits per heavy atom. The predicted octanol–water partition coefficient (Wildman–Crippen LogP) is 3.37. The number of carbonyl (C=O) groups excluding carboxylic acids is 1. The van der Waals surface area contributed by atoms with Gasteiger partial charge in [0.2, 0.25) is 0 Å². The lowest BCUT2D eigenvalue weighted by Gasteiger charge is -2.22. The Morgan fingerprint density at radius 1 is 1.00 bits per heavy atom. The maximum atomic E-state index is 12.7. The van der Waals surface area contributed by atoms with Crippen LogP contribution in [-0.4, -0.2) is 44.3 Å². The lowest BCUT2D eigenvalue weighted by molar-refractivity contribution is -0.143. The fraction of sp³-hybridized carbons (Fsp3) is 0.250. The highest BCUT2D eigenvalue weighted by Crippen LogP contribution is 2.50. The van der Waals surface area contributed by atoms with Gasteiger partial charge in [-0.25, -0.2) is 4.79 Å². The van der Waals surface area contributed by atoms with Gasteiger partial charge >= 0.3 is 11.9 Å². The average molecular weight is 433 g/mol. The molecule has 0 radical (unpaired) electrons. The van der Waals surface area contributed by atoms with Crippen molar-refractivity contribution < 1.29 is 24.6 Å². The van der Waals surface area contributed by atoms with Crippen LogP contribution in [0.15, 0.2) is 60.7 Å². The van der Waals surface area contributed by atoms with Gasteiger partial charge in [-0.2, -0.15) is 5.10 Å². The van der Waals surface area contributed by atoms with E-state index in [4.69, 9.17) is 5.11 Å². The minimum Gasteiger partial charge on any atom is -0.481 e. The quantitative estimate of drug-likeness (QED) is 0.409. The second-order valence-electron chi connectivity index (χ2n) is 8.20. The summed E-state index contributed by atoms with van der Waals surface area (Å²) in [6.07, 6.45) is 1.90. The average Bonchev–Trinajstić information content (AvgIpc) is 3.39. The first kappa shape index (κ1) is 21.3. The molecule has 0 unspecified atom stereocenters. The van der Waals surface area contributed by atoms with Crippen molar-refractivity contribution in [2.75, 3.05) is 0 Å². The third-order valence-corrected chi connectivity index (χ3v) is 5.86. The molecule has 1 aromatic heterocycles. The molecule has 0 spiro atoms. The second kappa shape index (κ2) is 8.66. The number of aromatic carboxylic acids is 1. The Labute approximate surface area is 184 Å². The van der Waals surface area contributed by atoms with Crippen molar-refractivity contribution in [3.05, 3.63) is 77.6 Å². The number of carboxylic acids is 2.